The molecule has 2 aromatic carbocycles. The Hall–Kier alpha value is -1.24. The molecule has 1 aliphatic rings. The van der Waals surface area contributed by atoms with Gasteiger partial charge >= 0.3 is 0 Å². The molecule has 0 bridgehead atoms. The summed E-state index contributed by atoms with van der Waals surface area (Å²) in [5, 5.41) is 3.65. The lowest BCUT2D eigenvalue weighted by atomic mass is 10.1. The van der Waals surface area contributed by atoms with Gasteiger partial charge < -0.3 is 15.0 Å². The highest BCUT2D eigenvalue weighted by atomic mass is 79.9. The topological polar surface area (TPSA) is 41.6 Å². The second kappa shape index (κ2) is 8.63. The number of halogens is 3. The minimum Gasteiger partial charge on any atom is -0.495 e. The van der Waals surface area contributed by atoms with Gasteiger partial charge in [-0.2, -0.15) is 0 Å². The van der Waals surface area contributed by atoms with E-state index in [2.05, 4.69) is 42.1 Å². The number of nitrogens with one attached hydrogen (secondary N) is 1. The zero-order valence-corrected chi connectivity index (χ0v) is 18.2. The van der Waals surface area contributed by atoms with Gasteiger partial charge in [-0.05, 0) is 59.5 Å². The van der Waals surface area contributed by atoms with Gasteiger partial charge in [0.1, 0.15) is 5.75 Å². The maximum Gasteiger partial charge on any atom is 0.259 e. The lowest BCUT2D eigenvalue weighted by molar-refractivity contribution is 0.102. The normalized spacial score (nSPS) is 14.2. The van der Waals surface area contributed by atoms with Gasteiger partial charge in [0.15, 0.2) is 0 Å². The molecule has 0 unspecified atom stereocenters. The van der Waals surface area contributed by atoms with E-state index in [4.69, 9.17) is 16.3 Å². The fourth-order valence-corrected chi connectivity index (χ4v) is 4.86. The molecular formula is C19H19Br2ClN2O2. The van der Waals surface area contributed by atoms with Crippen molar-refractivity contribution in [1.82, 2.24) is 0 Å². The van der Waals surface area contributed by atoms with E-state index in [1.165, 1.54) is 6.42 Å². The van der Waals surface area contributed by atoms with E-state index in [0.29, 0.717) is 26.5 Å². The third-order valence-corrected chi connectivity index (χ3v) is 5.72. The third kappa shape index (κ3) is 4.18. The molecule has 1 saturated heterocycles. The van der Waals surface area contributed by atoms with Crippen molar-refractivity contribution < 1.29 is 9.53 Å². The highest BCUT2D eigenvalue weighted by molar-refractivity contribution is 9.11. The quantitative estimate of drug-likeness (QED) is 0.548. The molecule has 26 heavy (non-hydrogen) atoms. The van der Waals surface area contributed by atoms with Crippen molar-refractivity contribution in [2.24, 2.45) is 0 Å². The van der Waals surface area contributed by atoms with E-state index >= 15 is 0 Å². The number of hydrogen-bond donors (Lipinski definition) is 1. The molecular weight excluding hydrogens is 483 g/mol. The monoisotopic (exact) mass is 500 g/mol. The van der Waals surface area contributed by atoms with Crippen LogP contribution in [0.4, 0.5) is 11.4 Å². The predicted octanol–water partition coefficient (Wildman–Crippen LogP) is 6.12. The molecule has 7 heteroatoms. The molecule has 0 atom stereocenters. The van der Waals surface area contributed by atoms with Crippen LogP contribution in [0.1, 0.15) is 29.6 Å². The molecule has 138 valence electrons. The first-order valence-corrected chi connectivity index (χ1v) is 10.4. The maximum absolute atomic E-state index is 13.0. The van der Waals surface area contributed by atoms with Crippen molar-refractivity contribution in [3.63, 3.8) is 0 Å². The van der Waals surface area contributed by atoms with Crippen molar-refractivity contribution in [2.75, 3.05) is 30.4 Å². The van der Waals surface area contributed by atoms with Gasteiger partial charge in [-0.25, -0.2) is 0 Å². The Labute approximate surface area is 175 Å². The van der Waals surface area contributed by atoms with Crippen LogP contribution >= 0.6 is 43.5 Å². The standard InChI is InChI=1S/C19H19Br2ClN2O2/c1-26-18-13(10-12(20)11-14(18)21)19(25)23-16-7-5-6-15(22)17(16)24-8-3-2-4-9-24/h5-7,10-11H,2-4,8-9H2,1H3,(H,23,25). The summed E-state index contributed by atoms with van der Waals surface area (Å²) in [6, 6.07) is 9.17. The number of anilines is 2. The number of carbonyl (C=O) groups excluding carboxylic acids is 1. The van der Waals surface area contributed by atoms with E-state index < -0.39 is 0 Å². The highest BCUT2D eigenvalue weighted by Gasteiger charge is 2.21. The van der Waals surface area contributed by atoms with Crippen LogP contribution in [0, 0.1) is 0 Å². The Morgan fingerprint density at radius 3 is 2.62 bits per heavy atom. The van der Waals surface area contributed by atoms with Crippen LogP contribution in [-0.2, 0) is 0 Å². The Balaban J connectivity index is 1.95. The van der Waals surface area contributed by atoms with E-state index in [9.17, 15) is 4.79 Å². The summed E-state index contributed by atoms with van der Waals surface area (Å²) >= 11 is 13.3. The molecule has 2 aromatic rings. The average Bonchev–Trinajstić information content (AvgIpc) is 2.62. The first-order chi connectivity index (χ1) is 12.5. The predicted molar refractivity (Wildman–Crippen MR) is 114 cm³/mol. The summed E-state index contributed by atoms with van der Waals surface area (Å²) in [6.07, 6.45) is 3.49. The van der Waals surface area contributed by atoms with Crippen molar-refractivity contribution in [1.29, 1.82) is 0 Å². The maximum atomic E-state index is 13.0. The summed E-state index contributed by atoms with van der Waals surface area (Å²) in [6.45, 7) is 1.89. The second-order valence-corrected chi connectivity index (χ2v) is 8.28. The minimum absolute atomic E-state index is 0.246. The molecule has 1 fully saturated rings. The third-order valence-electron chi connectivity index (χ3n) is 4.36. The summed E-state index contributed by atoms with van der Waals surface area (Å²) in [7, 11) is 1.54. The molecule has 0 radical (unpaired) electrons. The van der Waals surface area contributed by atoms with Gasteiger partial charge in [0.05, 0.1) is 33.5 Å². The Kier molecular flexibility index (Phi) is 6.48. The minimum atomic E-state index is -0.246. The van der Waals surface area contributed by atoms with Crippen LogP contribution in [0.5, 0.6) is 5.75 Å². The molecule has 1 amide bonds. The molecule has 0 aliphatic carbocycles. The molecule has 0 spiro atoms. The van der Waals surface area contributed by atoms with Gasteiger partial charge in [-0.3, -0.25) is 4.79 Å². The summed E-state index contributed by atoms with van der Waals surface area (Å²) in [4.78, 5) is 15.2. The van der Waals surface area contributed by atoms with Crippen LogP contribution in [0.2, 0.25) is 5.02 Å². The molecule has 3 rings (SSSR count). The number of benzene rings is 2. The number of hydrogen-bond acceptors (Lipinski definition) is 3. The number of amides is 1. The number of carbonyl (C=O) groups is 1. The van der Waals surface area contributed by atoms with Crippen LogP contribution in [0.25, 0.3) is 0 Å². The average molecular weight is 503 g/mol. The van der Waals surface area contributed by atoms with E-state index in [0.717, 1.165) is 36.1 Å². The number of methoxy groups -OCH3 is 1. The van der Waals surface area contributed by atoms with E-state index in [-0.39, 0.29) is 5.91 Å². The van der Waals surface area contributed by atoms with Crippen molar-refractivity contribution in [2.45, 2.75) is 19.3 Å². The summed E-state index contributed by atoms with van der Waals surface area (Å²) in [5.74, 6) is 0.247. The Morgan fingerprint density at radius 1 is 1.19 bits per heavy atom. The van der Waals surface area contributed by atoms with Crippen molar-refractivity contribution >= 4 is 60.7 Å². The lowest BCUT2D eigenvalue weighted by Crippen LogP contribution is -2.30. The van der Waals surface area contributed by atoms with Crippen molar-refractivity contribution in [3.05, 3.63) is 49.9 Å². The fraction of sp³-hybridized carbons (Fsp3) is 0.316. The number of piperidine rings is 1. The Morgan fingerprint density at radius 2 is 1.92 bits per heavy atom. The van der Waals surface area contributed by atoms with E-state index in [1.807, 2.05) is 24.3 Å². The zero-order chi connectivity index (χ0) is 18.7. The number of nitrogens with zero attached hydrogens (tertiary/aromatic N) is 1. The molecule has 0 aromatic heterocycles. The Bertz CT molecular complexity index is 823. The largest absolute Gasteiger partial charge is 0.495 e. The van der Waals surface area contributed by atoms with Gasteiger partial charge in [0, 0.05) is 17.6 Å². The number of para-hydroxylation sites is 1. The van der Waals surface area contributed by atoms with Crippen LogP contribution in [-0.4, -0.2) is 26.1 Å². The first-order valence-electron chi connectivity index (χ1n) is 8.39. The van der Waals surface area contributed by atoms with Crippen molar-refractivity contribution in [3.8, 4) is 5.75 Å². The highest BCUT2D eigenvalue weighted by Crippen LogP contribution is 2.37. The second-order valence-electron chi connectivity index (χ2n) is 6.11. The van der Waals surface area contributed by atoms with Crippen LogP contribution in [0.15, 0.2) is 39.3 Å². The number of rotatable bonds is 4. The summed E-state index contributed by atoms with van der Waals surface area (Å²) in [5.41, 5.74) is 2.04. The zero-order valence-electron chi connectivity index (χ0n) is 14.3. The molecule has 1 heterocycles. The molecule has 0 saturated carbocycles. The molecule has 1 N–H and O–H groups in total. The summed E-state index contributed by atoms with van der Waals surface area (Å²) < 4.78 is 6.89. The molecule has 1 aliphatic heterocycles. The van der Waals surface area contributed by atoms with E-state index in [1.54, 1.807) is 13.2 Å². The lowest BCUT2D eigenvalue weighted by Gasteiger charge is -2.31. The van der Waals surface area contributed by atoms with Crippen LogP contribution in [0.3, 0.4) is 0 Å². The van der Waals surface area contributed by atoms with Gasteiger partial charge in [-0.1, -0.05) is 33.6 Å². The van der Waals surface area contributed by atoms with Gasteiger partial charge in [0.25, 0.3) is 5.91 Å². The first kappa shape index (κ1) is 19.5. The van der Waals surface area contributed by atoms with Gasteiger partial charge in [-0.15, -0.1) is 0 Å². The SMILES string of the molecule is COc1c(Br)cc(Br)cc1C(=O)Nc1cccc(Cl)c1N1CCCCC1. The van der Waals surface area contributed by atoms with Gasteiger partial charge in [0.2, 0.25) is 0 Å². The van der Waals surface area contributed by atoms with Crippen LogP contribution < -0.4 is 15.0 Å². The number of ether oxygens (including phenoxy) is 1. The fourth-order valence-electron chi connectivity index (χ4n) is 3.18. The molecule has 4 nitrogen and oxygen atoms in total. The smallest absolute Gasteiger partial charge is 0.259 e.